The molecular weight excluding hydrogens is 350 g/mol. The van der Waals surface area contributed by atoms with Gasteiger partial charge in [-0.05, 0) is 31.5 Å². The van der Waals surface area contributed by atoms with Gasteiger partial charge in [-0.15, -0.1) is 0 Å². The Balaban J connectivity index is 2.15. The molecule has 0 aliphatic heterocycles. The van der Waals surface area contributed by atoms with Crippen molar-refractivity contribution in [2.24, 2.45) is 0 Å². The van der Waals surface area contributed by atoms with Crippen molar-refractivity contribution >= 4 is 15.9 Å². The van der Waals surface area contributed by atoms with E-state index in [0.717, 1.165) is 16.1 Å². The molecule has 1 amide bonds. The number of nitrogens with zero attached hydrogens (tertiary/aromatic N) is 3. The minimum atomic E-state index is -3.54. The molecule has 140 valence electrons. The number of carbonyl (C=O) groups excluding carboxylic acids is 1. The molecule has 0 unspecified atom stereocenters. The predicted molar refractivity (Wildman–Crippen MR) is 102 cm³/mol. The Labute approximate surface area is 155 Å². The van der Waals surface area contributed by atoms with E-state index in [-0.39, 0.29) is 25.0 Å². The fourth-order valence-corrected chi connectivity index (χ4v) is 3.26. The van der Waals surface area contributed by atoms with Crippen LogP contribution in [0.15, 0.2) is 54.7 Å². The van der Waals surface area contributed by atoms with E-state index in [4.69, 9.17) is 0 Å². The summed E-state index contributed by atoms with van der Waals surface area (Å²) in [5.74, 6) is -0.231. The van der Waals surface area contributed by atoms with Crippen molar-refractivity contribution in [1.29, 1.82) is 0 Å². The molecule has 1 aromatic carbocycles. The minimum Gasteiger partial charge on any atom is -0.335 e. The molecule has 2 rings (SSSR count). The quantitative estimate of drug-likeness (QED) is 0.710. The Hall–Kier alpha value is -2.25. The summed E-state index contributed by atoms with van der Waals surface area (Å²) in [4.78, 5) is 18.7. The van der Waals surface area contributed by atoms with Crippen molar-refractivity contribution in [2.45, 2.75) is 33.0 Å². The van der Waals surface area contributed by atoms with Gasteiger partial charge >= 0.3 is 0 Å². The number of sulfonamides is 1. The third-order valence-electron chi connectivity index (χ3n) is 3.98. The second kappa shape index (κ2) is 8.91. The SMILES string of the molecule is CC(C)N(Cc1ccccc1)C(=O)CN(Cc1ccccn1)S(C)(=O)=O. The zero-order valence-corrected chi connectivity index (χ0v) is 16.2. The van der Waals surface area contributed by atoms with Gasteiger partial charge < -0.3 is 4.90 Å². The highest BCUT2D eigenvalue weighted by Crippen LogP contribution is 2.12. The van der Waals surface area contributed by atoms with Crippen LogP contribution in [0.1, 0.15) is 25.1 Å². The predicted octanol–water partition coefficient (Wildman–Crippen LogP) is 2.28. The summed E-state index contributed by atoms with van der Waals surface area (Å²) < 4.78 is 25.5. The van der Waals surface area contributed by atoms with Crippen LogP contribution < -0.4 is 0 Å². The maximum absolute atomic E-state index is 12.8. The number of carbonyl (C=O) groups is 1. The fraction of sp³-hybridized carbons (Fsp3) is 0.368. The number of pyridine rings is 1. The first-order valence-electron chi connectivity index (χ1n) is 8.46. The molecule has 0 spiro atoms. The largest absolute Gasteiger partial charge is 0.335 e. The molecule has 0 saturated carbocycles. The van der Waals surface area contributed by atoms with Gasteiger partial charge in [0, 0.05) is 18.8 Å². The smallest absolute Gasteiger partial charge is 0.238 e. The fourth-order valence-electron chi connectivity index (χ4n) is 2.54. The van der Waals surface area contributed by atoms with Crippen LogP contribution in [0.2, 0.25) is 0 Å². The van der Waals surface area contributed by atoms with Gasteiger partial charge in [-0.3, -0.25) is 9.78 Å². The lowest BCUT2D eigenvalue weighted by atomic mass is 10.2. The molecule has 1 heterocycles. The molecule has 6 nitrogen and oxygen atoms in total. The van der Waals surface area contributed by atoms with E-state index in [1.165, 1.54) is 0 Å². The van der Waals surface area contributed by atoms with Crippen molar-refractivity contribution in [3.05, 3.63) is 66.0 Å². The van der Waals surface area contributed by atoms with Crippen LogP contribution in [-0.2, 0) is 27.9 Å². The van der Waals surface area contributed by atoms with Crippen LogP contribution in [0, 0.1) is 0 Å². The summed E-state index contributed by atoms with van der Waals surface area (Å²) in [5, 5.41) is 0. The zero-order chi connectivity index (χ0) is 19.2. The summed E-state index contributed by atoms with van der Waals surface area (Å²) in [7, 11) is -3.54. The lowest BCUT2D eigenvalue weighted by molar-refractivity contribution is -0.133. The first-order chi connectivity index (χ1) is 12.3. The van der Waals surface area contributed by atoms with E-state index in [1.807, 2.05) is 44.2 Å². The van der Waals surface area contributed by atoms with Gasteiger partial charge in [0.2, 0.25) is 15.9 Å². The Morgan fingerprint density at radius 3 is 2.23 bits per heavy atom. The number of benzene rings is 1. The highest BCUT2D eigenvalue weighted by atomic mass is 32.2. The number of aromatic nitrogens is 1. The Morgan fingerprint density at radius 2 is 1.69 bits per heavy atom. The maximum atomic E-state index is 12.8. The zero-order valence-electron chi connectivity index (χ0n) is 15.4. The normalized spacial score (nSPS) is 11.7. The summed E-state index contributed by atoms with van der Waals surface area (Å²) in [6.45, 7) is 4.15. The minimum absolute atomic E-state index is 0.0426. The number of hydrogen-bond acceptors (Lipinski definition) is 4. The lowest BCUT2D eigenvalue weighted by Gasteiger charge is -2.29. The molecule has 0 radical (unpaired) electrons. The highest BCUT2D eigenvalue weighted by molar-refractivity contribution is 7.88. The van der Waals surface area contributed by atoms with E-state index in [9.17, 15) is 13.2 Å². The van der Waals surface area contributed by atoms with Gasteiger partial charge in [0.05, 0.1) is 25.0 Å². The van der Waals surface area contributed by atoms with E-state index < -0.39 is 10.0 Å². The molecule has 0 bridgehead atoms. The van der Waals surface area contributed by atoms with Gasteiger partial charge in [0.15, 0.2) is 0 Å². The summed E-state index contributed by atoms with van der Waals surface area (Å²) in [6.07, 6.45) is 2.72. The third-order valence-corrected chi connectivity index (χ3v) is 5.18. The second-order valence-corrected chi connectivity index (χ2v) is 8.44. The first-order valence-corrected chi connectivity index (χ1v) is 10.3. The van der Waals surface area contributed by atoms with E-state index in [0.29, 0.717) is 12.2 Å². The molecule has 0 fully saturated rings. The molecule has 0 saturated heterocycles. The van der Waals surface area contributed by atoms with Crippen LogP contribution >= 0.6 is 0 Å². The molecule has 0 N–H and O–H groups in total. The number of amides is 1. The van der Waals surface area contributed by atoms with Gasteiger partial charge in [-0.1, -0.05) is 36.4 Å². The van der Waals surface area contributed by atoms with Crippen LogP contribution in [-0.4, -0.2) is 47.4 Å². The summed E-state index contributed by atoms with van der Waals surface area (Å²) >= 11 is 0. The van der Waals surface area contributed by atoms with Gasteiger partial charge in [-0.2, -0.15) is 4.31 Å². The second-order valence-electron chi connectivity index (χ2n) is 6.45. The molecule has 26 heavy (non-hydrogen) atoms. The summed E-state index contributed by atoms with van der Waals surface area (Å²) in [6, 6.07) is 14.9. The molecule has 7 heteroatoms. The third kappa shape index (κ3) is 5.93. The average Bonchev–Trinajstić information content (AvgIpc) is 2.59. The molecule has 0 aliphatic rings. The maximum Gasteiger partial charge on any atom is 0.238 e. The standard InChI is InChI=1S/C19H25N3O3S/c1-16(2)22(13-17-9-5-4-6-10-17)19(23)15-21(26(3,24)25)14-18-11-7-8-12-20-18/h4-12,16H,13-15H2,1-3H3. The lowest BCUT2D eigenvalue weighted by Crippen LogP contribution is -2.44. The van der Waals surface area contributed by atoms with E-state index in [2.05, 4.69) is 4.98 Å². The number of hydrogen-bond donors (Lipinski definition) is 0. The molecular formula is C19H25N3O3S. The first kappa shape index (κ1) is 20.1. The number of rotatable bonds is 8. The molecule has 0 atom stereocenters. The van der Waals surface area contributed by atoms with E-state index >= 15 is 0 Å². The molecule has 1 aromatic heterocycles. The van der Waals surface area contributed by atoms with Crippen molar-refractivity contribution < 1.29 is 13.2 Å². The van der Waals surface area contributed by atoms with Crippen LogP contribution in [0.3, 0.4) is 0 Å². The Bertz CT molecular complexity index is 808. The Kier molecular flexibility index (Phi) is 6.88. The average molecular weight is 375 g/mol. The van der Waals surface area contributed by atoms with Gasteiger partial charge in [-0.25, -0.2) is 8.42 Å². The van der Waals surface area contributed by atoms with Crippen LogP contribution in [0.4, 0.5) is 0 Å². The van der Waals surface area contributed by atoms with E-state index in [1.54, 1.807) is 29.3 Å². The molecule has 0 aliphatic carbocycles. The topological polar surface area (TPSA) is 70.6 Å². The molecule has 2 aromatic rings. The Morgan fingerprint density at radius 1 is 1.04 bits per heavy atom. The monoisotopic (exact) mass is 375 g/mol. The van der Waals surface area contributed by atoms with Gasteiger partial charge in [0.25, 0.3) is 0 Å². The van der Waals surface area contributed by atoms with Crippen LogP contribution in [0.5, 0.6) is 0 Å². The van der Waals surface area contributed by atoms with Crippen molar-refractivity contribution in [2.75, 3.05) is 12.8 Å². The van der Waals surface area contributed by atoms with Crippen LogP contribution in [0.25, 0.3) is 0 Å². The van der Waals surface area contributed by atoms with Gasteiger partial charge in [0.1, 0.15) is 0 Å². The summed E-state index contributed by atoms with van der Waals surface area (Å²) in [5.41, 5.74) is 1.61. The van der Waals surface area contributed by atoms with Crippen molar-refractivity contribution in [1.82, 2.24) is 14.2 Å². The van der Waals surface area contributed by atoms with Crippen molar-refractivity contribution in [3.63, 3.8) is 0 Å². The van der Waals surface area contributed by atoms with Crippen molar-refractivity contribution in [3.8, 4) is 0 Å². The highest BCUT2D eigenvalue weighted by Gasteiger charge is 2.25.